The van der Waals surface area contributed by atoms with Crippen LogP contribution in [-0.2, 0) is 5.41 Å². The Labute approximate surface area is 218 Å². The van der Waals surface area contributed by atoms with E-state index in [0.29, 0.717) is 0 Å². The molecule has 6 aromatic carbocycles. The van der Waals surface area contributed by atoms with Crippen molar-refractivity contribution in [2.75, 3.05) is 0 Å². The Hall–Kier alpha value is -4.42. The van der Waals surface area contributed by atoms with E-state index in [1.807, 2.05) is 0 Å². The fourth-order valence-electron chi connectivity index (χ4n) is 6.32. The lowest BCUT2D eigenvalue weighted by Gasteiger charge is -2.34. The first-order valence-electron chi connectivity index (χ1n) is 13.0. The molecular weight excluding hydrogens is 444 g/mol. The molecule has 37 heavy (non-hydrogen) atoms. The van der Waals surface area contributed by atoms with E-state index < -0.39 is 0 Å². The van der Waals surface area contributed by atoms with Gasteiger partial charge in [-0.15, -0.1) is 0 Å². The van der Waals surface area contributed by atoms with Gasteiger partial charge in [0.2, 0.25) is 0 Å². The fourth-order valence-corrected chi connectivity index (χ4v) is 6.32. The van der Waals surface area contributed by atoms with Crippen molar-refractivity contribution in [3.8, 4) is 22.3 Å². The van der Waals surface area contributed by atoms with Gasteiger partial charge >= 0.3 is 0 Å². The molecule has 0 aliphatic heterocycles. The summed E-state index contributed by atoms with van der Waals surface area (Å²) in [4.78, 5) is 0. The molecule has 0 aromatic heterocycles. The molecule has 1 aliphatic carbocycles. The predicted octanol–water partition coefficient (Wildman–Crippen LogP) is 9.49. The van der Waals surface area contributed by atoms with E-state index in [1.54, 1.807) is 0 Å². The lowest BCUT2D eigenvalue weighted by atomic mass is 9.67. The largest absolute Gasteiger partial charge is 0.0713 e. The SMILES string of the molecule is Cc1ccc(C2(c3ccc(C)cc3)c3ccccc3-c3ccc(-c4cccc5ccccc45)cc32)cc1. The van der Waals surface area contributed by atoms with Gasteiger partial charge in [-0.05, 0) is 75.2 Å². The van der Waals surface area contributed by atoms with Crippen LogP contribution in [-0.4, -0.2) is 0 Å². The highest BCUT2D eigenvalue weighted by Gasteiger charge is 2.46. The third-order valence-electron chi connectivity index (χ3n) is 8.11. The van der Waals surface area contributed by atoms with Crippen LogP contribution >= 0.6 is 0 Å². The second kappa shape index (κ2) is 8.32. The molecule has 0 atom stereocenters. The Morgan fingerprint density at radius 3 is 1.73 bits per heavy atom. The van der Waals surface area contributed by atoms with Gasteiger partial charge in [0.1, 0.15) is 0 Å². The fraction of sp³-hybridized carbons (Fsp3) is 0.0811. The molecule has 0 heterocycles. The highest BCUT2D eigenvalue weighted by Crippen LogP contribution is 2.56. The van der Waals surface area contributed by atoms with Crippen molar-refractivity contribution < 1.29 is 0 Å². The first-order chi connectivity index (χ1) is 18.2. The average Bonchev–Trinajstić information content (AvgIpc) is 3.24. The summed E-state index contributed by atoms with van der Waals surface area (Å²) in [5, 5.41) is 2.56. The van der Waals surface area contributed by atoms with Crippen LogP contribution in [0.1, 0.15) is 33.4 Å². The molecule has 0 fully saturated rings. The molecule has 0 N–H and O–H groups in total. The van der Waals surface area contributed by atoms with Crippen molar-refractivity contribution in [3.05, 3.63) is 167 Å². The minimum atomic E-state index is -0.381. The minimum Gasteiger partial charge on any atom is -0.0619 e. The highest BCUT2D eigenvalue weighted by atomic mass is 14.5. The molecular formula is C37H28. The van der Waals surface area contributed by atoms with Gasteiger partial charge in [-0.25, -0.2) is 0 Å². The topological polar surface area (TPSA) is 0 Å². The maximum atomic E-state index is 2.46. The summed E-state index contributed by atoms with van der Waals surface area (Å²) in [7, 11) is 0. The second-order valence-electron chi connectivity index (χ2n) is 10.3. The van der Waals surface area contributed by atoms with Crippen molar-refractivity contribution in [2.45, 2.75) is 19.3 Å². The van der Waals surface area contributed by atoms with Gasteiger partial charge in [0.25, 0.3) is 0 Å². The van der Waals surface area contributed by atoms with Gasteiger partial charge in [0, 0.05) is 0 Å². The Morgan fingerprint density at radius 2 is 1.00 bits per heavy atom. The van der Waals surface area contributed by atoms with Crippen molar-refractivity contribution >= 4 is 10.8 Å². The third kappa shape index (κ3) is 3.22. The number of fused-ring (bicyclic) bond motifs is 4. The van der Waals surface area contributed by atoms with Crippen LogP contribution in [0.4, 0.5) is 0 Å². The summed E-state index contributed by atoms with van der Waals surface area (Å²) in [5.74, 6) is 0. The van der Waals surface area contributed by atoms with E-state index in [-0.39, 0.29) is 5.41 Å². The van der Waals surface area contributed by atoms with Crippen LogP contribution < -0.4 is 0 Å². The number of rotatable bonds is 3. The summed E-state index contributed by atoms with van der Waals surface area (Å²) in [6, 6.07) is 49.7. The zero-order valence-electron chi connectivity index (χ0n) is 21.2. The Morgan fingerprint density at radius 1 is 0.432 bits per heavy atom. The van der Waals surface area contributed by atoms with Crippen LogP contribution in [0.2, 0.25) is 0 Å². The monoisotopic (exact) mass is 472 g/mol. The first kappa shape index (κ1) is 21.8. The molecule has 0 bridgehead atoms. The van der Waals surface area contributed by atoms with Gasteiger partial charge in [0.15, 0.2) is 0 Å². The van der Waals surface area contributed by atoms with Crippen LogP contribution in [0.15, 0.2) is 133 Å². The summed E-state index contributed by atoms with van der Waals surface area (Å²) in [5.41, 5.74) is 12.7. The smallest absolute Gasteiger partial charge is 0.0619 e. The molecule has 0 amide bonds. The number of hydrogen-bond donors (Lipinski definition) is 0. The summed E-state index contributed by atoms with van der Waals surface area (Å²) < 4.78 is 0. The highest BCUT2D eigenvalue weighted by molar-refractivity contribution is 5.98. The molecule has 0 saturated heterocycles. The zero-order valence-corrected chi connectivity index (χ0v) is 21.2. The van der Waals surface area contributed by atoms with Gasteiger partial charge in [-0.1, -0.05) is 139 Å². The maximum Gasteiger partial charge on any atom is 0.0713 e. The van der Waals surface area contributed by atoms with Gasteiger partial charge in [0.05, 0.1) is 5.41 Å². The van der Waals surface area contributed by atoms with Crippen LogP contribution in [0.3, 0.4) is 0 Å². The number of benzene rings is 6. The van der Waals surface area contributed by atoms with E-state index in [1.165, 1.54) is 66.4 Å². The van der Waals surface area contributed by atoms with E-state index in [0.717, 1.165) is 0 Å². The molecule has 0 radical (unpaired) electrons. The predicted molar refractivity (Wildman–Crippen MR) is 156 cm³/mol. The lowest BCUT2D eigenvalue weighted by Crippen LogP contribution is -2.28. The minimum absolute atomic E-state index is 0.381. The molecule has 7 rings (SSSR count). The van der Waals surface area contributed by atoms with E-state index in [9.17, 15) is 0 Å². The number of hydrogen-bond acceptors (Lipinski definition) is 0. The van der Waals surface area contributed by atoms with E-state index in [4.69, 9.17) is 0 Å². The number of aryl methyl sites for hydroxylation is 2. The van der Waals surface area contributed by atoms with Gasteiger partial charge in [-0.2, -0.15) is 0 Å². The molecule has 6 aromatic rings. The van der Waals surface area contributed by atoms with Gasteiger partial charge in [-0.3, -0.25) is 0 Å². The van der Waals surface area contributed by atoms with Crippen molar-refractivity contribution in [1.82, 2.24) is 0 Å². The average molecular weight is 473 g/mol. The van der Waals surface area contributed by atoms with Crippen LogP contribution in [0.5, 0.6) is 0 Å². The summed E-state index contributed by atoms with van der Waals surface area (Å²) >= 11 is 0. The van der Waals surface area contributed by atoms with Crippen LogP contribution in [0.25, 0.3) is 33.0 Å². The molecule has 0 nitrogen and oxygen atoms in total. The van der Waals surface area contributed by atoms with Crippen LogP contribution in [0, 0.1) is 13.8 Å². The Bertz CT molecular complexity index is 1720. The standard InChI is InChI=1S/C37H28/c1-25-14-19-29(20-15-25)37(30-21-16-26(2)17-22-30)35-13-6-5-11-33(35)34-23-18-28(24-36(34)37)32-12-7-9-27-8-3-4-10-31(27)32/h3-24H,1-2H3. The van der Waals surface area contributed by atoms with Gasteiger partial charge < -0.3 is 0 Å². The molecule has 0 heteroatoms. The zero-order chi connectivity index (χ0) is 25.0. The molecule has 1 aliphatic rings. The van der Waals surface area contributed by atoms with E-state index in [2.05, 4.69) is 147 Å². The third-order valence-corrected chi connectivity index (χ3v) is 8.11. The van der Waals surface area contributed by atoms with Crippen molar-refractivity contribution in [3.63, 3.8) is 0 Å². The summed E-state index contributed by atoms with van der Waals surface area (Å²) in [6.07, 6.45) is 0. The molecule has 0 unspecified atom stereocenters. The van der Waals surface area contributed by atoms with Crippen molar-refractivity contribution in [2.24, 2.45) is 0 Å². The van der Waals surface area contributed by atoms with Crippen molar-refractivity contribution in [1.29, 1.82) is 0 Å². The lowest BCUT2D eigenvalue weighted by molar-refractivity contribution is 0.768. The Balaban J connectivity index is 1.59. The molecule has 0 saturated carbocycles. The molecule has 0 spiro atoms. The quantitative estimate of drug-likeness (QED) is 0.240. The van der Waals surface area contributed by atoms with E-state index >= 15 is 0 Å². The second-order valence-corrected chi connectivity index (χ2v) is 10.3. The molecule has 176 valence electrons. The normalized spacial score (nSPS) is 13.4. The maximum absolute atomic E-state index is 2.46. The summed E-state index contributed by atoms with van der Waals surface area (Å²) in [6.45, 7) is 4.33. The Kier molecular flexibility index (Phi) is 4.91. The first-order valence-corrected chi connectivity index (χ1v) is 13.0.